The molecule has 126 valence electrons. The smallest absolute Gasteiger partial charge is 0.306 e. The van der Waals surface area contributed by atoms with Crippen molar-refractivity contribution in [1.29, 1.82) is 0 Å². The number of carboxylic acid groups (broad SMARTS) is 1. The molecule has 2 rings (SSSR count). The lowest BCUT2D eigenvalue weighted by Gasteiger charge is -2.14. The van der Waals surface area contributed by atoms with Crippen molar-refractivity contribution in [3.05, 3.63) is 22.2 Å². The maximum Gasteiger partial charge on any atom is 0.306 e. The van der Waals surface area contributed by atoms with Gasteiger partial charge in [-0.3, -0.25) is 9.59 Å². The summed E-state index contributed by atoms with van der Waals surface area (Å²) in [5, 5.41) is 11.9. The molecule has 6 nitrogen and oxygen atoms in total. The van der Waals surface area contributed by atoms with Crippen molar-refractivity contribution < 1.29 is 24.2 Å². The van der Waals surface area contributed by atoms with Gasteiger partial charge in [0.25, 0.3) is 0 Å². The number of hydrogen-bond donors (Lipinski definition) is 2. The van der Waals surface area contributed by atoms with E-state index in [9.17, 15) is 9.59 Å². The van der Waals surface area contributed by atoms with E-state index in [1.807, 2.05) is 0 Å². The molecule has 7 heteroatoms. The first kappa shape index (κ1) is 17.6. The number of aliphatic carboxylic acids is 1. The molecule has 2 N–H and O–H groups in total. The Balaban J connectivity index is 1.98. The van der Waals surface area contributed by atoms with E-state index in [2.05, 4.69) is 21.2 Å². The SMILES string of the molecule is COc1cc(Br)c(CNC(=O)[C@@H]2CC[C@H](C(=O)O)C2)cc1OC. The fourth-order valence-corrected chi connectivity index (χ4v) is 3.26. The molecule has 0 spiro atoms. The van der Waals surface area contributed by atoms with Gasteiger partial charge in [-0.25, -0.2) is 0 Å². The molecule has 23 heavy (non-hydrogen) atoms. The zero-order valence-electron chi connectivity index (χ0n) is 13.1. The number of carbonyl (C=O) groups is 2. The number of halogens is 1. The monoisotopic (exact) mass is 385 g/mol. The van der Waals surface area contributed by atoms with Crippen LogP contribution in [0.1, 0.15) is 24.8 Å². The van der Waals surface area contributed by atoms with Gasteiger partial charge in [0.05, 0.1) is 20.1 Å². The van der Waals surface area contributed by atoms with Crippen molar-refractivity contribution in [3.8, 4) is 11.5 Å². The highest BCUT2D eigenvalue weighted by Gasteiger charge is 2.33. The average Bonchev–Trinajstić information content (AvgIpc) is 3.03. The lowest BCUT2D eigenvalue weighted by atomic mass is 10.0. The van der Waals surface area contributed by atoms with Crippen LogP contribution in [0.2, 0.25) is 0 Å². The average molecular weight is 386 g/mol. The van der Waals surface area contributed by atoms with Crippen LogP contribution in [-0.4, -0.2) is 31.2 Å². The number of nitrogens with one attached hydrogen (secondary N) is 1. The van der Waals surface area contributed by atoms with Crippen LogP contribution in [0.25, 0.3) is 0 Å². The van der Waals surface area contributed by atoms with E-state index in [1.54, 1.807) is 26.4 Å². The summed E-state index contributed by atoms with van der Waals surface area (Å²) in [7, 11) is 3.11. The number of hydrogen-bond acceptors (Lipinski definition) is 4. The normalized spacial score (nSPS) is 20.1. The second-order valence-electron chi connectivity index (χ2n) is 5.56. The Labute approximate surface area is 143 Å². The molecule has 1 aliphatic carbocycles. The third-order valence-corrected chi connectivity index (χ3v) is 4.90. The van der Waals surface area contributed by atoms with E-state index < -0.39 is 11.9 Å². The zero-order valence-corrected chi connectivity index (χ0v) is 14.7. The molecule has 1 aromatic rings. The molecule has 1 aliphatic rings. The van der Waals surface area contributed by atoms with Crippen LogP contribution in [0, 0.1) is 11.8 Å². The summed E-state index contributed by atoms with van der Waals surface area (Å²) in [6.07, 6.45) is 1.59. The third-order valence-electron chi connectivity index (χ3n) is 4.16. The van der Waals surface area contributed by atoms with Gasteiger partial charge in [0, 0.05) is 16.9 Å². The van der Waals surface area contributed by atoms with Gasteiger partial charge in [0.1, 0.15) is 0 Å². The Morgan fingerprint density at radius 3 is 2.39 bits per heavy atom. The van der Waals surface area contributed by atoms with Gasteiger partial charge in [0.2, 0.25) is 5.91 Å². The Morgan fingerprint density at radius 1 is 1.22 bits per heavy atom. The van der Waals surface area contributed by atoms with E-state index in [4.69, 9.17) is 14.6 Å². The zero-order chi connectivity index (χ0) is 17.0. The van der Waals surface area contributed by atoms with Crippen molar-refractivity contribution >= 4 is 27.8 Å². The molecule has 1 amide bonds. The molecular formula is C16H20BrNO5. The summed E-state index contributed by atoms with van der Waals surface area (Å²) in [5.74, 6) is -0.353. The van der Waals surface area contributed by atoms with Crippen LogP contribution in [-0.2, 0) is 16.1 Å². The molecule has 0 heterocycles. The molecular weight excluding hydrogens is 366 g/mol. The first-order chi connectivity index (χ1) is 11.0. The van der Waals surface area contributed by atoms with Crippen LogP contribution in [0.5, 0.6) is 11.5 Å². The van der Waals surface area contributed by atoms with E-state index in [0.717, 1.165) is 10.0 Å². The van der Waals surface area contributed by atoms with Gasteiger partial charge < -0.3 is 19.9 Å². The van der Waals surface area contributed by atoms with Crippen LogP contribution in [0.3, 0.4) is 0 Å². The topological polar surface area (TPSA) is 84.9 Å². The van der Waals surface area contributed by atoms with Gasteiger partial charge in [-0.15, -0.1) is 0 Å². The molecule has 0 radical (unpaired) electrons. The van der Waals surface area contributed by atoms with Crippen molar-refractivity contribution in [2.24, 2.45) is 11.8 Å². The lowest BCUT2D eigenvalue weighted by molar-refractivity contribution is -0.141. The summed E-state index contributed by atoms with van der Waals surface area (Å²) < 4.78 is 11.3. The summed E-state index contributed by atoms with van der Waals surface area (Å²) >= 11 is 3.45. The number of ether oxygens (including phenoxy) is 2. The molecule has 2 atom stereocenters. The van der Waals surface area contributed by atoms with Gasteiger partial charge in [0.15, 0.2) is 11.5 Å². The van der Waals surface area contributed by atoms with E-state index in [1.165, 1.54) is 0 Å². The molecule has 1 fully saturated rings. The van der Waals surface area contributed by atoms with Crippen LogP contribution >= 0.6 is 15.9 Å². The lowest BCUT2D eigenvalue weighted by Crippen LogP contribution is -2.29. The van der Waals surface area contributed by atoms with Crippen LogP contribution < -0.4 is 14.8 Å². The van der Waals surface area contributed by atoms with Crippen molar-refractivity contribution in [2.45, 2.75) is 25.8 Å². The Morgan fingerprint density at radius 2 is 1.83 bits per heavy atom. The number of carbonyl (C=O) groups excluding carboxylic acids is 1. The van der Waals surface area contributed by atoms with Crippen molar-refractivity contribution in [3.63, 3.8) is 0 Å². The first-order valence-corrected chi connectivity index (χ1v) is 8.16. The standard InChI is InChI=1S/C16H20BrNO5/c1-22-13-6-11(12(17)7-14(13)23-2)8-18-15(19)9-3-4-10(5-9)16(20)21/h6-7,9-10H,3-5,8H2,1-2H3,(H,18,19)(H,20,21)/t9-,10+/m1/s1. The van der Waals surface area contributed by atoms with E-state index >= 15 is 0 Å². The summed E-state index contributed by atoms with van der Waals surface area (Å²) in [4.78, 5) is 23.2. The van der Waals surface area contributed by atoms with Crippen LogP contribution in [0.15, 0.2) is 16.6 Å². The number of carboxylic acids is 1. The molecule has 0 aliphatic heterocycles. The maximum atomic E-state index is 12.2. The van der Waals surface area contributed by atoms with Gasteiger partial charge >= 0.3 is 5.97 Å². The maximum absolute atomic E-state index is 12.2. The number of amides is 1. The fourth-order valence-electron chi connectivity index (χ4n) is 2.80. The summed E-state index contributed by atoms with van der Waals surface area (Å²) in [5.41, 5.74) is 0.865. The predicted octanol–water partition coefficient (Wildman–Crippen LogP) is 2.58. The quantitative estimate of drug-likeness (QED) is 0.785. The third kappa shape index (κ3) is 4.16. The molecule has 1 saturated carbocycles. The molecule has 1 aromatic carbocycles. The number of benzene rings is 1. The number of rotatable bonds is 6. The Bertz CT molecular complexity index is 604. The minimum Gasteiger partial charge on any atom is -0.493 e. The first-order valence-electron chi connectivity index (χ1n) is 7.37. The second kappa shape index (κ2) is 7.68. The fraction of sp³-hybridized carbons (Fsp3) is 0.500. The molecule has 0 bridgehead atoms. The largest absolute Gasteiger partial charge is 0.493 e. The van der Waals surface area contributed by atoms with E-state index in [0.29, 0.717) is 37.3 Å². The highest BCUT2D eigenvalue weighted by atomic mass is 79.9. The van der Waals surface area contributed by atoms with Gasteiger partial charge in [-0.05, 0) is 37.0 Å². The highest BCUT2D eigenvalue weighted by molar-refractivity contribution is 9.10. The molecule has 0 unspecified atom stereocenters. The van der Waals surface area contributed by atoms with Gasteiger partial charge in [-0.1, -0.05) is 15.9 Å². The highest BCUT2D eigenvalue weighted by Crippen LogP contribution is 2.34. The van der Waals surface area contributed by atoms with Gasteiger partial charge in [-0.2, -0.15) is 0 Å². The van der Waals surface area contributed by atoms with Crippen LogP contribution in [0.4, 0.5) is 0 Å². The summed E-state index contributed by atoms with van der Waals surface area (Å²) in [6, 6.07) is 3.59. The predicted molar refractivity (Wildman–Crippen MR) is 87.6 cm³/mol. The van der Waals surface area contributed by atoms with Crippen molar-refractivity contribution in [1.82, 2.24) is 5.32 Å². The second-order valence-corrected chi connectivity index (χ2v) is 6.42. The summed E-state index contributed by atoms with van der Waals surface area (Å²) in [6.45, 7) is 0.341. The minimum atomic E-state index is -0.817. The molecule has 0 saturated heterocycles. The van der Waals surface area contributed by atoms with Crippen molar-refractivity contribution in [2.75, 3.05) is 14.2 Å². The Hall–Kier alpha value is -1.76. The van der Waals surface area contributed by atoms with E-state index in [-0.39, 0.29) is 11.8 Å². The minimum absolute atomic E-state index is 0.101. The Kier molecular flexibility index (Phi) is 5.87. The number of methoxy groups -OCH3 is 2. The molecule has 0 aromatic heterocycles.